The first-order valence-corrected chi connectivity index (χ1v) is 12.0. The third-order valence-electron chi connectivity index (χ3n) is 5.42. The third-order valence-corrected chi connectivity index (χ3v) is 6.77. The summed E-state index contributed by atoms with van der Waals surface area (Å²) in [6, 6.07) is 20.5. The number of hydrogen-bond acceptors (Lipinski definition) is 4. The van der Waals surface area contributed by atoms with Gasteiger partial charge in [-0.15, -0.1) is 0 Å². The highest BCUT2D eigenvalue weighted by atomic mass is 35.5. The van der Waals surface area contributed by atoms with Crippen LogP contribution >= 0.6 is 23.4 Å². The van der Waals surface area contributed by atoms with Gasteiger partial charge >= 0.3 is 0 Å². The maximum atomic E-state index is 13.5. The minimum absolute atomic E-state index is 0.0978. The van der Waals surface area contributed by atoms with Crippen LogP contribution in [0.3, 0.4) is 0 Å². The van der Waals surface area contributed by atoms with Crippen LogP contribution in [0, 0.1) is 6.92 Å². The predicted molar refractivity (Wildman–Crippen MR) is 137 cm³/mol. The number of rotatable bonds is 6. The molecule has 1 N–H and O–H groups in total. The number of nitrogens with one attached hydrogen (secondary N) is 1. The minimum atomic E-state index is -0.198. The van der Waals surface area contributed by atoms with Gasteiger partial charge in [0, 0.05) is 10.7 Å². The molecule has 0 atom stereocenters. The van der Waals surface area contributed by atoms with Crippen molar-refractivity contribution in [3.05, 3.63) is 93.2 Å². The largest absolute Gasteiger partial charge is 0.325 e. The summed E-state index contributed by atoms with van der Waals surface area (Å²) in [6.45, 7) is 6.04. The van der Waals surface area contributed by atoms with E-state index in [4.69, 9.17) is 16.6 Å². The number of carbonyl (C=O) groups is 1. The van der Waals surface area contributed by atoms with E-state index in [1.54, 1.807) is 22.8 Å². The molecule has 4 rings (SSSR count). The van der Waals surface area contributed by atoms with E-state index in [9.17, 15) is 9.59 Å². The Bertz CT molecular complexity index is 1400. The van der Waals surface area contributed by atoms with E-state index < -0.39 is 0 Å². The lowest BCUT2D eigenvalue weighted by atomic mass is 10.0. The molecule has 0 bridgehead atoms. The molecule has 0 fully saturated rings. The Labute approximate surface area is 201 Å². The molecule has 0 saturated heterocycles. The van der Waals surface area contributed by atoms with E-state index in [1.807, 2.05) is 55.5 Å². The number of amides is 1. The fraction of sp³-hybridized carbons (Fsp3) is 0.192. The van der Waals surface area contributed by atoms with Gasteiger partial charge in [0.2, 0.25) is 5.91 Å². The van der Waals surface area contributed by atoms with Crippen LogP contribution in [0.1, 0.15) is 30.9 Å². The van der Waals surface area contributed by atoms with Crippen molar-refractivity contribution >= 4 is 45.9 Å². The summed E-state index contributed by atoms with van der Waals surface area (Å²) in [5.41, 5.74) is 3.75. The second kappa shape index (κ2) is 9.81. The third kappa shape index (κ3) is 4.82. The van der Waals surface area contributed by atoms with Gasteiger partial charge in [-0.2, -0.15) is 0 Å². The molecule has 1 aromatic heterocycles. The lowest BCUT2D eigenvalue weighted by Gasteiger charge is -2.18. The number of nitrogens with zero attached hydrogens (tertiary/aromatic N) is 2. The van der Waals surface area contributed by atoms with Gasteiger partial charge in [0.25, 0.3) is 5.56 Å². The number of fused-ring (bicyclic) bond motifs is 1. The van der Waals surface area contributed by atoms with Crippen molar-refractivity contribution in [3.63, 3.8) is 0 Å². The van der Waals surface area contributed by atoms with Gasteiger partial charge in [0.15, 0.2) is 5.16 Å². The van der Waals surface area contributed by atoms with E-state index in [1.165, 1.54) is 11.8 Å². The summed E-state index contributed by atoms with van der Waals surface area (Å²) in [6.07, 6.45) is 0. The highest BCUT2D eigenvalue weighted by molar-refractivity contribution is 7.99. The number of aromatic nitrogens is 2. The van der Waals surface area contributed by atoms with E-state index in [-0.39, 0.29) is 23.1 Å². The number of anilines is 1. The molecule has 7 heteroatoms. The fourth-order valence-electron chi connectivity index (χ4n) is 3.66. The van der Waals surface area contributed by atoms with Crippen LogP contribution in [0.5, 0.6) is 0 Å². The molecule has 168 valence electrons. The molecule has 33 heavy (non-hydrogen) atoms. The quantitative estimate of drug-likeness (QED) is 0.265. The van der Waals surface area contributed by atoms with Crippen molar-refractivity contribution in [2.45, 2.75) is 31.8 Å². The number of thioether (sulfide) groups is 1. The van der Waals surface area contributed by atoms with E-state index in [0.717, 1.165) is 16.8 Å². The normalized spacial score (nSPS) is 11.2. The SMILES string of the molecule is Cc1c(Cl)cccc1NC(=O)CSc1nc2ccccc2c(=O)n1-c1ccccc1C(C)C. The summed E-state index contributed by atoms with van der Waals surface area (Å²) in [5, 5.41) is 4.51. The summed E-state index contributed by atoms with van der Waals surface area (Å²) < 4.78 is 1.63. The molecule has 5 nitrogen and oxygen atoms in total. The average Bonchev–Trinajstić information content (AvgIpc) is 2.81. The molecule has 0 radical (unpaired) electrons. The van der Waals surface area contributed by atoms with Crippen molar-refractivity contribution in [1.29, 1.82) is 0 Å². The zero-order chi connectivity index (χ0) is 23.5. The summed E-state index contributed by atoms with van der Waals surface area (Å²) >= 11 is 7.40. The summed E-state index contributed by atoms with van der Waals surface area (Å²) in [4.78, 5) is 31.0. The Balaban J connectivity index is 1.73. The Morgan fingerprint density at radius 3 is 2.58 bits per heavy atom. The summed E-state index contributed by atoms with van der Waals surface area (Å²) in [7, 11) is 0. The Morgan fingerprint density at radius 1 is 1.06 bits per heavy atom. The predicted octanol–water partition coefficient (Wildman–Crippen LogP) is 6.20. The molecule has 1 amide bonds. The average molecular weight is 478 g/mol. The molecule has 0 saturated carbocycles. The molecule has 0 aliphatic heterocycles. The number of hydrogen-bond donors (Lipinski definition) is 1. The number of benzene rings is 3. The first-order valence-electron chi connectivity index (χ1n) is 10.7. The maximum absolute atomic E-state index is 13.5. The lowest BCUT2D eigenvalue weighted by Crippen LogP contribution is -2.24. The van der Waals surface area contributed by atoms with Gasteiger partial charge in [-0.05, 0) is 54.3 Å². The van der Waals surface area contributed by atoms with Crippen LogP contribution < -0.4 is 10.9 Å². The van der Waals surface area contributed by atoms with Gasteiger partial charge in [0.1, 0.15) is 0 Å². The molecule has 0 aliphatic carbocycles. The van der Waals surface area contributed by atoms with Gasteiger partial charge in [0.05, 0.1) is 22.3 Å². The maximum Gasteiger partial charge on any atom is 0.266 e. The van der Waals surface area contributed by atoms with Gasteiger partial charge in [-0.25, -0.2) is 4.98 Å². The van der Waals surface area contributed by atoms with Crippen LogP contribution in [-0.2, 0) is 4.79 Å². The summed E-state index contributed by atoms with van der Waals surface area (Å²) in [5.74, 6) is 0.114. The van der Waals surface area contributed by atoms with Crippen LogP contribution in [0.25, 0.3) is 16.6 Å². The topological polar surface area (TPSA) is 64.0 Å². The van der Waals surface area contributed by atoms with E-state index >= 15 is 0 Å². The monoisotopic (exact) mass is 477 g/mol. The number of halogens is 1. The highest BCUT2D eigenvalue weighted by Gasteiger charge is 2.18. The fourth-order valence-corrected chi connectivity index (χ4v) is 4.64. The van der Waals surface area contributed by atoms with Crippen LogP contribution in [0.15, 0.2) is 76.7 Å². The van der Waals surface area contributed by atoms with Crippen LogP contribution in [0.2, 0.25) is 5.02 Å². The van der Waals surface area contributed by atoms with E-state index in [2.05, 4.69) is 19.2 Å². The number of carbonyl (C=O) groups excluding carboxylic acids is 1. The molecular weight excluding hydrogens is 454 g/mol. The lowest BCUT2D eigenvalue weighted by molar-refractivity contribution is -0.113. The zero-order valence-electron chi connectivity index (χ0n) is 18.6. The van der Waals surface area contributed by atoms with Crippen molar-refractivity contribution in [3.8, 4) is 5.69 Å². The molecule has 1 heterocycles. The van der Waals surface area contributed by atoms with Crippen LogP contribution in [-0.4, -0.2) is 21.2 Å². The molecule has 3 aromatic carbocycles. The second-order valence-corrected chi connectivity index (χ2v) is 9.36. The van der Waals surface area contributed by atoms with Crippen LogP contribution in [0.4, 0.5) is 5.69 Å². The van der Waals surface area contributed by atoms with Gasteiger partial charge in [-0.1, -0.05) is 73.6 Å². The van der Waals surface area contributed by atoms with Crippen molar-refractivity contribution in [1.82, 2.24) is 9.55 Å². The first-order chi connectivity index (χ1) is 15.9. The Morgan fingerprint density at radius 2 is 1.79 bits per heavy atom. The van der Waals surface area contributed by atoms with Gasteiger partial charge in [-0.3, -0.25) is 14.2 Å². The molecule has 0 spiro atoms. The van der Waals surface area contributed by atoms with E-state index in [0.29, 0.717) is 26.8 Å². The van der Waals surface area contributed by atoms with Crippen molar-refractivity contribution in [2.24, 2.45) is 0 Å². The zero-order valence-corrected chi connectivity index (χ0v) is 20.2. The highest BCUT2D eigenvalue weighted by Crippen LogP contribution is 2.28. The standard InChI is InChI=1S/C26H24ClN3O2S/c1-16(2)18-9-5-7-14-23(18)30-25(32)19-10-4-6-12-22(19)29-26(30)33-15-24(31)28-21-13-8-11-20(27)17(21)3/h4-14,16H,15H2,1-3H3,(H,28,31). The molecular formula is C26H24ClN3O2S. The molecule has 4 aromatic rings. The van der Waals surface area contributed by atoms with Crippen molar-refractivity contribution < 1.29 is 4.79 Å². The Hall–Kier alpha value is -3.09. The smallest absolute Gasteiger partial charge is 0.266 e. The molecule has 0 aliphatic rings. The second-order valence-electron chi connectivity index (χ2n) is 8.01. The first kappa shape index (κ1) is 23.1. The molecule has 0 unspecified atom stereocenters. The minimum Gasteiger partial charge on any atom is -0.325 e. The van der Waals surface area contributed by atoms with Gasteiger partial charge < -0.3 is 5.32 Å². The number of para-hydroxylation sites is 2. The Kier molecular flexibility index (Phi) is 6.86. The van der Waals surface area contributed by atoms with Crippen molar-refractivity contribution in [2.75, 3.05) is 11.1 Å².